The molecule has 0 unspecified atom stereocenters. The zero-order valence-electron chi connectivity index (χ0n) is 12.1. The average Bonchev–Trinajstić information content (AvgIpc) is 3.14. The number of aliphatic hydroxyl groups excluding tert-OH is 1. The standard InChI is InChI=1S/C16H21N3O2/c20-11-16(7-3-4-8-16)10-17-15(21)9-19-12-18-13-5-1-2-6-14(13)19/h1-2,5-6,12,20H,3-4,7-11H2,(H,17,21). The van der Waals surface area contributed by atoms with E-state index in [2.05, 4.69) is 10.3 Å². The van der Waals surface area contributed by atoms with Gasteiger partial charge in [-0.05, 0) is 25.0 Å². The first-order chi connectivity index (χ1) is 10.2. The van der Waals surface area contributed by atoms with Crippen molar-refractivity contribution >= 4 is 16.9 Å². The molecule has 1 aliphatic rings. The smallest absolute Gasteiger partial charge is 0.240 e. The lowest BCUT2D eigenvalue weighted by Crippen LogP contribution is -2.39. The van der Waals surface area contributed by atoms with Gasteiger partial charge in [0.25, 0.3) is 0 Å². The van der Waals surface area contributed by atoms with Crippen LogP contribution >= 0.6 is 0 Å². The predicted octanol–water partition coefficient (Wildman–Crippen LogP) is 1.71. The van der Waals surface area contributed by atoms with E-state index in [9.17, 15) is 9.90 Å². The van der Waals surface area contributed by atoms with Crippen LogP contribution in [-0.4, -0.2) is 33.7 Å². The predicted molar refractivity (Wildman–Crippen MR) is 80.7 cm³/mol. The highest BCUT2D eigenvalue weighted by Crippen LogP contribution is 2.36. The van der Waals surface area contributed by atoms with E-state index < -0.39 is 0 Å². The maximum Gasteiger partial charge on any atom is 0.240 e. The zero-order valence-corrected chi connectivity index (χ0v) is 12.1. The number of aromatic nitrogens is 2. The van der Waals surface area contributed by atoms with Gasteiger partial charge in [0.15, 0.2) is 0 Å². The fourth-order valence-electron chi connectivity index (χ4n) is 3.15. The Kier molecular flexibility index (Phi) is 3.92. The largest absolute Gasteiger partial charge is 0.396 e. The molecule has 0 saturated heterocycles. The summed E-state index contributed by atoms with van der Waals surface area (Å²) in [5.74, 6) is -0.0297. The third-order valence-corrected chi connectivity index (χ3v) is 4.50. The Morgan fingerprint density at radius 2 is 2.10 bits per heavy atom. The van der Waals surface area contributed by atoms with Gasteiger partial charge in [-0.3, -0.25) is 4.79 Å². The molecule has 21 heavy (non-hydrogen) atoms. The van der Waals surface area contributed by atoms with Crippen molar-refractivity contribution < 1.29 is 9.90 Å². The van der Waals surface area contributed by atoms with Crippen molar-refractivity contribution in [1.82, 2.24) is 14.9 Å². The van der Waals surface area contributed by atoms with Crippen LogP contribution in [0.15, 0.2) is 30.6 Å². The molecule has 5 heteroatoms. The number of hydrogen-bond acceptors (Lipinski definition) is 3. The van der Waals surface area contributed by atoms with Crippen molar-refractivity contribution in [3.8, 4) is 0 Å². The van der Waals surface area contributed by atoms with Gasteiger partial charge in [-0.25, -0.2) is 4.98 Å². The quantitative estimate of drug-likeness (QED) is 0.879. The number of carbonyl (C=O) groups is 1. The molecule has 112 valence electrons. The lowest BCUT2D eigenvalue weighted by atomic mass is 9.87. The number of aliphatic hydroxyl groups is 1. The van der Waals surface area contributed by atoms with Gasteiger partial charge >= 0.3 is 0 Å². The maximum atomic E-state index is 12.1. The lowest BCUT2D eigenvalue weighted by molar-refractivity contribution is -0.122. The summed E-state index contributed by atoms with van der Waals surface area (Å²) in [6.07, 6.45) is 5.97. The number of imidazole rings is 1. The van der Waals surface area contributed by atoms with Gasteiger partial charge in [0.05, 0.1) is 24.0 Å². The summed E-state index contributed by atoms with van der Waals surface area (Å²) in [5, 5.41) is 12.5. The number of para-hydroxylation sites is 2. The summed E-state index contributed by atoms with van der Waals surface area (Å²) in [5.41, 5.74) is 1.76. The SMILES string of the molecule is O=C(Cn1cnc2ccccc21)NCC1(CO)CCCC1. The molecule has 1 saturated carbocycles. The monoisotopic (exact) mass is 287 g/mol. The summed E-state index contributed by atoms with van der Waals surface area (Å²) < 4.78 is 1.85. The van der Waals surface area contributed by atoms with Gasteiger partial charge in [-0.1, -0.05) is 25.0 Å². The van der Waals surface area contributed by atoms with Crippen molar-refractivity contribution in [2.45, 2.75) is 32.2 Å². The van der Waals surface area contributed by atoms with Crippen LogP contribution in [0.2, 0.25) is 0 Å². The van der Waals surface area contributed by atoms with Crippen LogP contribution in [0, 0.1) is 5.41 Å². The number of carbonyl (C=O) groups excluding carboxylic acids is 1. The first-order valence-electron chi connectivity index (χ1n) is 7.50. The van der Waals surface area contributed by atoms with Gasteiger partial charge in [-0.2, -0.15) is 0 Å². The Morgan fingerprint density at radius 3 is 2.86 bits per heavy atom. The summed E-state index contributed by atoms with van der Waals surface area (Å²) in [4.78, 5) is 16.4. The van der Waals surface area contributed by atoms with E-state index in [0.717, 1.165) is 36.7 Å². The Labute approximate surface area is 124 Å². The highest BCUT2D eigenvalue weighted by Gasteiger charge is 2.33. The van der Waals surface area contributed by atoms with Crippen molar-refractivity contribution in [3.63, 3.8) is 0 Å². The maximum absolute atomic E-state index is 12.1. The Hall–Kier alpha value is -1.88. The summed E-state index contributed by atoms with van der Waals surface area (Å²) in [6.45, 7) is 0.984. The van der Waals surface area contributed by atoms with E-state index in [4.69, 9.17) is 0 Å². The third-order valence-electron chi connectivity index (χ3n) is 4.50. The third kappa shape index (κ3) is 2.93. The van der Waals surface area contributed by atoms with Crippen molar-refractivity contribution in [2.75, 3.05) is 13.2 Å². The number of fused-ring (bicyclic) bond motifs is 1. The van der Waals surface area contributed by atoms with Gasteiger partial charge in [0, 0.05) is 12.0 Å². The van der Waals surface area contributed by atoms with Crippen molar-refractivity contribution in [3.05, 3.63) is 30.6 Å². The molecule has 5 nitrogen and oxygen atoms in total. The highest BCUT2D eigenvalue weighted by molar-refractivity contribution is 5.80. The molecule has 2 N–H and O–H groups in total. The zero-order chi connectivity index (χ0) is 14.7. The van der Waals surface area contributed by atoms with Gasteiger partial charge in [0.2, 0.25) is 5.91 Å². The molecule has 1 aromatic carbocycles. The molecule has 1 amide bonds. The minimum Gasteiger partial charge on any atom is -0.396 e. The second-order valence-corrected chi connectivity index (χ2v) is 6.00. The lowest BCUT2D eigenvalue weighted by Gasteiger charge is -2.26. The molecule has 0 spiro atoms. The second kappa shape index (κ2) is 5.85. The van der Waals surface area contributed by atoms with E-state index in [1.54, 1.807) is 6.33 Å². The molecule has 1 aliphatic carbocycles. The average molecular weight is 287 g/mol. The molecule has 1 fully saturated rings. The molecule has 0 atom stereocenters. The van der Waals surface area contributed by atoms with Crippen LogP contribution in [0.5, 0.6) is 0 Å². The Bertz CT molecular complexity index is 629. The molecule has 2 aromatic rings. The number of hydrogen-bond donors (Lipinski definition) is 2. The topological polar surface area (TPSA) is 67.2 Å². The highest BCUT2D eigenvalue weighted by atomic mass is 16.3. The molecule has 1 aromatic heterocycles. The van der Waals surface area contributed by atoms with E-state index >= 15 is 0 Å². The number of nitrogens with zero attached hydrogens (tertiary/aromatic N) is 2. The van der Waals surface area contributed by atoms with Gasteiger partial charge in [-0.15, -0.1) is 0 Å². The summed E-state index contributed by atoms with van der Waals surface area (Å²) in [7, 11) is 0. The van der Waals surface area contributed by atoms with Gasteiger partial charge < -0.3 is 15.0 Å². The summed E-state index contributed by atoms with van der Waals surface area (Å²) >= 11 is 0. The fraction of sp³-hybridized carbons (Fsp3) is 0.500. The van der Waals surface area contributed by atoms with Crippen LogP contribution in [0.4, 0.5) is 0 Å². The second-order valence-electron chi connectivity index (χ2n) is 6.00. The van der Waals surface area contributed by atoms with E-state index in [-0.39, 0.29) is 24.5 Å². The minimum absolute atomic E-state index is 0.0297. The van der Waals surface area contributed by atoms with Crippen molar-refractivity contribution in [1.29, 1.82) is 0 Å². The molecular formula is C16H21N3O2. The van der Waals surface area contributed by atoms with Crippen LogP contribution in [0.1, 0.15) is 25.7 Å². The molecule has 0 radical (unpaired) electrons. The number of rotatable bonds is 5. The molecular weight excluding hydrogens is 266 g/mol. The van der Waals surface area contributed by atoms with E-state index in [0.29, 0.717) is 6.54 Å². The van der Waals surface area contributed by atoms with Crippen LogP contribution in [-0.2, 0) is 11.3 Å². The first-order valence-corrected chi connectivity index (χ1v) is 7.50. The molecule has 3 rings (SSSR count). The number of benzene rings is 1. The molecule has 1 heterocycles. The van der Waals surface area contributed by atoms with Crippen molar-refractivity contribution in [2.24, 2.45) is 5.41 Å². The Morgan fingerprint density at radius 1 is 1.33 bits per heavy atom. The normalized spacial score (nSPS) is 17.2. The van der Waals surface area contributed by atoms with Crippen LogP contribution < -0.4 is 5.32 Å². The molecule has 0 bridgehead atoms. The van der Waals surface area contributed by atoms with E-state index in [1.165, 1.54) is 0 Å². The summed E-state index contributed by atoms with van der Waals surface area (Å²) in [6, 6.07) is 7.77. The fourth-order valence-corrected chi connectivity index (χ4v) is 3.15. The number of nitrogens with one attached hydrogen (secondary N) is 1. The first kappa shape index (κ1) is 14.1. The molecule has 0 aliphatic heterocycles. The number of amides is 1. The van der Waals surface area contributed by atoms with Gasteiger partial charge in [0.1, 0.15) is 6.54 Å². The Balaban J connectivity index is 1.61. The van der Waals surface area contributed by atoms with Crippen LogP contribution in [0.25, 0.3) is 11.0 Å². The minimum atomic E-state index is -0.104. The van der Waals surface area contributed by atoms with Crippen LogP contribution in [0.3, 0.4) is 0 Å². The van der Waals surface area contributed by atoms with E-state index in [1.807, 2.05) is 28.8 Å².